The van der Waals surface area contributed by atoms with E-state index in [1.807, 2.05) is 62.4 Å². The second-order valence-electron chi connectivity index (χ2n) is 12.8. The van der Waals surface area contributed by atoms with Crippen LogP contribution in [0.4, 0.5) is 21.0 Å². The number of amides is 2. The van der Waals surface area contributed by atoms with Crippen LogP contribution in [0.2, 0.25) is 0 Å². The van der Waals surface area contributed by atoms with Crippen LogP contribution in [-0.2, 0) is 14.2 Å². The number of fused-ring (bicyclic) bond motifs is 6. The van der Waals surface area contributed by atoms with Crippen molar-refractivity contribution in [3.63, 3.8) is 0 Å². The quantitative estimate of drug-likeness (QED) is 0.131. The maximum absolute atomic E-state index is 12.3. The van der Waals surface area contributed by atoms with Crippen molar-refractivity contribution in [2.24, 2.45) is 0 Å². The average molecular weight is 735 g/mol. The topological polar surface area (TPSA) is 155 Å². The Hall–Kier alpha value is -6.79. The van der Waals surface area contributed by atoms with Crippen LogP contribution in [0.25, 0.3) is 22.3 Å². The van der Waals surface area contributed by atoms with Crippen LogP contribution in [0.1, 0.15) is 70.5 Å². The van der Waals surface area contributed by atoms with Gasteiger partial charge in [0.05, 0.1) is 36.2 Å². The van der Waals surface area contributed by atoms with Crippen molar-refractivity contribution in [1.82, 2.24) is 19.9 Å². The summed E-state index contributed by atoms with van der Waals surface area (Å²) in [4.78, 5) is 51.0. The number of anilines is 2. The normalized spacial score (nSPS) is 12.8. The van der Waals surface area contributed by atoms with E-state index in [1.165, 1.54) is 45.8 Å². The molecule has 0 radical (unpaired) electrons. The third-order valence-electron chi connectivity index (χ3n) is 9.41. The highest BCUT2D eigenvalue weighted by atomic mass is 16.6. The second-order valence-corrected chi connectivity index (χ2v) is 12.8. The molecule has 0 saturated heterocycles. The van der Waals surface area contributed by atoms with E-state index in [9.17, 15) is 14.4 Å². The molecule has 0 spiro atoms. The number of benzene rings is 4. The van der Waals surface area contributed by atoms with Crippen LogP contribution in [0, 0.1) is 0 Å². The number of carbonyl (C=O) groups is 3. The maximum Gasteiger partial charge on any atom is 0.411 e. The SMILES string of the molecule is CCOC(C)c1ncc(NC(=O)OCC2c3ccccc3-c3ccccc32)cn1.O=Cc1ncc(NC(=O)OCC2c3ccccc3-c3ccccc32)cn1. The Morgan fingerprint density at radius 3 is 1.35 bits per heavy atom. The van der Waals surface area contributed by atoms with Crippen LogP contribution in [0.3, 0.4) is 0 Å². The monoisotopic (exact) mass is 734 g/mol. The van der Waals surface area contributed by atoms with Gasteiger partial charge in [-0.15, -0.1) is 0 Å². The predicted octanol–water partition coefficient (Wildman–Crippen LogP) is 8.59. The molecule has 0 bridgehead atoms. The zero-order valence-corrected chi connectivity index (χ0v) is 30.2. The third kappa shape index (κ3) is 8.24. The van der Waals surface area contributed by atoms with E-state index in [0.29, 0.717) is 30.1 Å². The molecule has 12 heteroatoms. The summed E-state index contributed by atoms with van der Waals surface area (Å²) in [6.07, 6.45) is 5.06. The van der Waals surface area contributed by atoms with Gasteiger partial charge in [0.1, 0.15) is 19.3 Å². The molecule has 2 amide bonds. The Kier molecular flexibility index (Phi) is 11.2. The number of hydrogen-bond donors (Lipinski definition) is 2. The first-order valence-electron chi connectivity index (χ1n) is 17.9. The first-order chi connectivity index (χ1) is 26.9. The lowest BCUT2D eigenvalue weighted by atomic mass is 9.98. The number of carbonyl (C=O) groups excluding carboxylic acids is 3. The van der Waals surface area contributed by atoms with Gasteiger partial charge in [-0.2, -0.15) is 0 Å². The van der Waals surface area contributed by atoms with Crippen LogP contribution in [0.15, 0.2) is 122 Å². The molecule has 0 fully saturated rings. The summed E-state index contributed by atoms with van der Waals surface area (Å²) in [5, 5.41) is 5.25. The van der Waals surface area contributed by atoms with E-state index < -0.39 is 12.2 Å². The second kappa shape index (κ2) is 16.9. The molecule has 2 heterocycles. The summed E-state index contributed by atoms with van der Waals surface area (Å²) in [7, 11) is 0. The molecule has 2 N–H and O–H groups in total. The molecule has 276 valence electrons. The number of aldehydes is 1. The minimum absolute atomic E-state index is 0.00170. The van der Waals surface area contributed by atoms with Crippen molar-refractivity contribution in [3.05, 3.63) is 156 Å². The fraction of sp³-hybridized carbons (Fsp3) is 0.186. The van der Waals surface area contributed by atoms with E-state index in [2.05, 4.69) is 79.1 Å². The third-order valence-corrected chi connectivity index (χ3v) is 9.41. The number of aromatic nitrogens is 4. The molecule has 2 aliphatic rings. The van der Waals surface area contributed by atoms with Gasteiger partial charge in [0.15, 0.2) is 17.9 Å². The molecule has 55 heavy (non-hydrogen) atoms. The Labute approximate surface area is 318 Å². The Morgan fingerprint density at radius 1 is 0.618 bits per heavy atom. The van der Waals surface area contributed by atoms with E-state index >= 15 is 0 Å². The Morgan fingerprint density at radius 2 is 0.982 bits per heavy atom. The smallest absolute Gasteiger partial charge is 0.411 e. The lowest BCUT2D eigenvalue weighted by Gasteiger charge is -2.15. The average Bonchev–Trinajstić information content (AvgIpc) is 3.72. The zero-order valence-electron chi connectivity index (χ0n) is 30.2. The predicted molar refractivity (Wildman–Crippen MR) is 207 cm³/mol. The number of hydrogen-bond acceptors (Lipinski definition) is 10. The van der Waals surface area contributed by atoms with Crippen molar-refractivity contribution in [3.8, 4) is 22.3 Å². The molecule has 12 nitrogen and oxygen atoms in total. The number of ether oxygens (including phenoxy) is 3. The van der Waals surface area contributed by atoms with Crippen molar-refractivity contribution >= 4 is 29.8 Å². The molecule has 6 aromatic rings. The van der Waals surface area contributed by atoms with Crippen molar-refractivity contribution < 1.29 is 28.6 Å². The first-order valence-corrected chi connectivity index (χ1v) is 17.9. The lowest BCUT2D eigenvalue weighted by Crippen LogP contribution is -2.18. The molecular weight excluding hydrogens is 697 g/mol. The number of nitrogens with zero attached hydrogens (tertiary/aromatic N) is 4. The summed E-state index contributed by atoms with van der Waals surface area (Å²) < 4.78 is 16.4. The first kappa shape index (κ1) is 36.6. The van der Waals surface area contributed by atoms with E-state index in [1.54, 1.807) is 12.4 Å². The van der Waals surface area contributed by atoms with Gasteiger partial charge in [-0.25, -0.2) is 29.5 Å². The van der Waals surface area contributed by atoms with Gasteiger partial charge in [0.2, 0.25) is 0 Å². The summed E-state index contributed by atoms with van der Waals surface area (Å²) in [5.74, 6) is 0.661. The van der Waals surface area contributed by atoms with Crippen LogP contribution in [0.5, 0.6) is 0 Å². The van der Waals surface area contributed by atoms with Crippen molar-refractivity contribution in [2.75, 3.05) is 30.5 Å². The molecule has 1 atom stereocenters. The van der Waals surface area contributed by atoms with Crippen LogP contribution >= 0.6 is 0 Å². The van der Waals surface area contributed by atoms with Crippen molar-refractivity contribution in [2.45, 2.75) is 31.8 Å². The molecule has 0 aliphatic heterocycles. The van der Waals surface area contributed by atoms with Gasteiger partial charge < -0.3 is 14.2 Å². The highest BCUT2D eigenvalue weighted by Crippen LogP contribution is 2.45. The van der Waals surface area contributed by atoms with Gasteiger partial charge >= 0.3 is 12.2 Å². The van der Waals surface area contributed by atoms with Gasteiger partial charge in [-0.05, 0) is 58.4 Å². The summed E-state index contributed by atoms with van der Waals surface area (Å²) >= 11 is 0. The summed E-state index contributed by atoms with van der Waals surface area (Å²) in [6, 6.07) is 32.8. The van der Waals surface area contributed by atoms with Crippen LogP contribution < -0.4 is 10.6 Å². The number of nitrogens with one attached hydrogen (secondary N) is 2. The molecule has 1 unspecified atom stereocenters. The standard InChI is InChI=1S/C23H23N3O3.C20H15N3O3/c1-3-28-15(2)22-24-12-16(13-25-22)26-23(27)29-14-21-19-10-6-4-8-17(19)18-9-5-7-11-20(18)21;24-11-19-21-9-13(10-22-19)23-20(25)26-12-18-16-7-3-1-5-14(16)15-6-2-4-8-17(15)18/h4-13,15,21H,3,14H2,1-2H3,(H,26,27);1-11,18H,12H2,(H,23,25). The molecule has 8 rings (SSSR count). The maximum atomic E-state index is 12.3. The lowest BCUT2D eigenvalue weighted by molar-refractivity contribution is 0.0701. The van der Waals surface area contributed by atoms with E-state index in [0.717, 1.165) is 11.1 Å². The van der Waals surface area contributed by atoms with Gasteiger partial charge in [-0.3, -0.25) is 15.4 Å². The fourth-order valence-corrected chi connectivity index (χ4v) is 6.91. The minimum Gasteiger partial charge on any atom is -0.448 e. The summed E-state index contributed by atoms with van der Waals surface area (Å²) in [6.45, 7) is 4.89. The molecule has 2 aliphatic carbocycles. The highest BCUT2D eigenvalue weighted by Gasteiger charge is 2.30. The van der Waals surface area contributed by atoms with E-state index in [4.69, 9.17) is 14.2 Å². The van der Waals surface area contributed by atoms with Gasteiger partial charge in [0, 0.05) is 18.4 Å². The molecule has 2 aromatic heterocycles. The van der Waals surface area contributed by atoms with E-state index in [-0.39, 0.29) is 37.0 Å². The van der Waals surface area contributed by atoms with Crippen LogP contribution in [-0.4, -0.2) is 58.2 Å². The summed E-state index contributed by atoms with van der Waals surface area (Å²) in [5.41, 5.74) is 10.3. The highest BCUT2D eigenvalue weighted by molar-refractivity contribution is 5.86. The van der Waals surface area contributed by atoms with Crippen molar-refractivity contribution in [1.29, 1.82) is 0 Å². The number of rotatable bonds is 10. The van der Waals surface area contributed by atoms with Gasteiger partial charge in [-0.1, -0.05) is 97.1 Å². The minimum atomic E-state index is -0.589. The zero-order chi connectivity index (χ0) is 38.1. The Bertz CT molecular complexity index is 2210. The van der Waals surface area contributed by atoms with Gasteiger partial charge in [0.25, 0.3) is 0 Å². The molecule has 0 saturated carbocycles. The molecule has 4 aromatic carbocycles. The fourth-order valence-electron chi connectivity index (χ4n) is 6.91. The molecular formula is C43H38N6O6. The largest absolute Gasteiger partial charge is 0.448 e. The Balaban J connectivity index is 0.000000170.